The fourth-order valence-electron chi connectivity index (χ4n) is 8.61. The zero-order valence-electron chi connectivity index (χ0n) is 34.3. The standard InChI is InChI=1S/C49H31F6N9/c1-25-57-26(2)60-46(59-25)29-13-15-37-35-9-5-7-11-40(35)63(43(37)19-29)42-23-39(31-17-33(48(50,51)52)22-34(18-31)49(53,54)55)45(21-32(42)24-56)64-41-12-8-6-10-36(41)38-16-14-30(20-44(38)64)47-61-27(3)58-28(4)62-47/h5-23H,1-4H3. The summed E-state index contributed by atoms with van der Waals surface area (Å²) < 4.78 is 91.5. The van der Waals surface area contributed by atoms with E-state index in [9.17, 15) is 31.6 Å². The Morgan fingerprint density at radius 1 is 0.438 bits per heavy atom. The second kappa shape index (κ2) is 14.6. The van der Waals surface area contributed by atoms with Gasteiger partial charge in [-0.05, 0) is 87.9 Å². The van der Waals surface area contributed by atoms with Crippen LogP contribution in [0, 0.1) is 39.0 Å². The number of nitrogens with zero attached hydrogens (tertiary/aromatic N) is 9. The first kappa shape index (κ1) is 40.1. The third-order valence-corrected chi connectivity index (χ3v) is 11.2. The maximum absolute atomic E-state index is 14.7. The van der Waals surface area contributed by atoms with Gasteiger partial charge in [0.2, 0.25) is 0 Å². The Hall–Kier alpha value is -7.99. The molecule has 0 fully saturated rings. The summed E-state index contributed by atoms with van der Waals surface area (Å²) in [6, 6.07) is 32.8. The van der Waals surface area contributed by atoms with Crippen LogP contribution >= 0.6 is 0 Å². The van der Waals surface area contributed by atoms with Crippen LogP contribution in [0.3, 0.4) is 0 Å². The monoisotopic (exact) mass is 859 g/mol. The molecule has 64 heavy (non-hydrogen) atoms. The van der Waals surface area contributed by atoms with Crippen LogP contribution in [0.5, 0.6) is 0 Å². The molecule has 0 spiro atoms. The molecular weight excluding hydrogens is 829 g/mol. The van der Waals surface area contributed by atoms with Gasteiger partial charge in [0.25, 0.3) is 0 Å². The molecule has 0 amide bonds. The van der Waals surface area contributed by atoms with Crippen molar-refractivity contribution in [3.8, 4) is 51.3 Å². The molecule has 10 rings (SSSR count). The highest BCUT2D eigenvalue weighted by Gasteiger charge is 2.37. The van der Waals surface area contributed by atoms with Crippen molar-refractivity contribution >= 4 is 43.6 Å². The third-order valence-electron chi connectivity index (χ3n) is 11.2. The number of aryl methyl sites for hydroxylation is 4. The zero-order valence-corrected chi connectivity index (χ0v) is 34.3. The Labute approximate surface area is 360 Å². The van der Waals surface area contributed by atoms with Crippen molar-refractivity contribution < 1.29 is 26.3 Å². The summed E-state index contributed by atoms with van der Waals surface area (Å²) >= 11 is 0. The van der Waals surface area contributed by atoms with Crippen molar-refractivity contribution in [2.75, 3.05) is 0 Å². The number of hydrogen-bond acceptors (Lipinski definition) is 7. The number of benzene rings is 6. The summed E-state index contributed by atoms with van der Waals surface area (Å²) in [6.45, 7) is 6.98. The van der Waals surface area contributed by atoms with E-state index < -0.39 is 23.5 Å². The number of fused-ring (bicyclic) bond motifs is 6. The summed E-state index contributed by atoms with van der Waals surface area (Å²) in [5, 5.41) is 14.1. The lowest BCUT2D eigenvalue weighted by molar-refractivity contribution is -0.143. The maximum atomic E-state index is 14.7. The average molecular weight is 860 g/mol. The minimum Gasteiger partial charge on any atom is -0.309 e. The van der Waals surface area contributed by atoms with E-state index in [1.54, 1.807) is 42.9 Å². The highest BCUT2D eigenvalue weighted by Crippen LogP contribution is 2.45. The van der Waals surface area contributed by atoms with Crippen LogP contribution in [0.1, 0.15) is 40.0 Å². The van der Waals surface area contributed by atoms with Crippen LogP contribution in [0.15, 0.2) is 115 Å². The lowest BCUT2D eigenvalue weighted by atomic mass is 9.95. The number of alkyl halides is 6. The average Bonchev–Trinajstić information content (AvgIpc) is 3.76. The van der Waals surface area contributed by atoms with Crippen LogP contribution < -0.4 is 0 Å². The van der Waals surface area contributed by atoms with Crippen molar-refractivity contribution in [2.24, 2.45) is 0 Å². The summed E-state index contributed by atoms with van der Waals surface area (Å²) in [5.74, 6) is 2.76. The molecule has 0 radical (unpaired) electrons. The molecule has 4 heterocycles. The van der Waals surface area contributed by atoms with Crippen LogP contribution in [0.4, 0.5) is 26.3 Å². The number of nitriles is 1. The summed E-state index contributed by atoms with van der Waals surface area (Å²) in [7, 11) is 0. The van der Waals surface area contributed by atoms with Crippen LogP contribution in [0.25, 0.3) is 88.9 Å². The topological polar surface area (TPSA) is 111 Å². The Bertz CT molecular complexity index is 3540. The van der Waals surface area contributed by atoms with E-state index in [-0.39, 0.29) is 34.1 Å². The van der Waals surface area contributed by atoms with E-state index in [1.807, 2.05) is 78.9 Å². The first-order valence-corrected chi connectivity index (χ1v) is 19.9. The minimum absolute atomic E-state index is 0.00342. The van der Waals surface area contributed by atoms with Gasteiger partial charge < -0.3 is 9.13 Å². The molecule has 9 nitrogen and oxygen atoms in total. The molecule has 0 atom stereocenters. The number of hydrogen-bond donors (Lipinski definition) is 0. The van der Waals surface area contributed by atoms with Gasteiger partial charge >= 0.3 is 12.4 Å². The molecule has 15 heteroatoms. The number of halogens is 6. The lowest BCUT2D eigenvalue weighted by Gasteiger charge is -2.21. The molecule has 0 aliphatic heterocycles. The van der Waals surface area contributed by atoms with Gasteiger partial charge in [0.1, 0.15) is 29.4 Å². The Morgan fingerprint density at radius 3 is 1.30 bits per heavy atom. The molecule has 0 unspecified atom stereocenters. The first-order chi connectivity index (χ1) is 30.5. The minimum atomic E-state index is -5.14. The second-order valence-corrected chi connectivity index (χ2v) is 15.5. The van der Waals surface area contributed by atoms with Crippen molar-refractivity contribution in [3.63, 3.8) is 0 Å². The van der Waals surface area contributed by atoms with Crippen molar-refractivity contribution in [1.29, 1.82) is 5.26 Å². The van der Waals surface area contributed by atoms with Crippen LogP contribution in [-0.2, 0) is 12.4 Å². The molecule has 6 aromatic carbocycles. The molecule has 4 aromatic heterocycles. The molecule has 314 valence electrons. The predicted octanol–water partition coefficient (Wildman–Crippen LogP) is 12.4. The summed E-state index contributed by atoms with van der Waals surface area (Å²) in [6.07, 6.45) is -10.3. The highest BCUT2D eigenvalue weighted by molar-refractivity contribution is 6.12. The van der Waals surface area contributed by atoms with E-state index in [1.165, 1.54) is 12.1 Å². The van der Waals surface area contributed by atoms with Gasteiger partial charge in [-0.15, -0.1) is 0 Å². The predicted molar refractivity (Wildman–Crippen MR) is 232 cm³/mol. The fraction of sp³-hybridized carbons (Fsp3) is 0.122. The highest BCUT2D eigenvalue weighted by atomic mass is 19.4. The zero-order chi connectivity index (χ0) is 44.8. The molecule has 10 aromatic rings. The fourth-order valence-corrected chi connectivity index (χ4v) is 8.61. The van der Waals surface area contributed by atoms with Crippen LogP contribution in [0.2, 0.25) is 0 Å². The Kier molecular flexibility index (Phi) is 9.12. The van der Waals surface area contributed by atoms with E-state index in [0.29, 0.717) is 68.1 Å². The van der Waals surface area contributed by atoms with Gasteiger partial charge in [0.15, 0.2) is 11.6 Å². The van der Waals surface area contributed by atoms with Gasteiger partial charge in [0, 0.05) is 38.2 Å². The third kappa shape index (κ3) is 6.74. The van der Waals surface area contributed by atoms with E-state index in [0.717, 1.165) is 33.7 Å². The maximum Gasteiger partial charge on any atom is 0.416 e. The molecule has 0 bridgehead atoms. The van der Waals surface area contributed by atoms with Crippen LogP contribution in [-0.4, -0.2) is 39.0 Å². The molecule has 0 N–H and O–H groups in total. The van der Waals surface area contributed by atoms with E-state index >= 15 is 0 Å². The SMILES string of the molecule is Cc1nc(C)nc(-c2ccc3c4ccccc4n(-c4cc(-c5cc(C(F)(F)F)cc(C(F)(F)F)c5)c(-n5c6ccccc6c6ccc(-c7nc(C)nc(C)n7)cc65)cc4C#N)c3c2)n1. The quantitative estimate of drug-likeness (QED) is 0.158. The van der Waals surface area contributed by atoms with E-state index in [4.69, 9.17) is 0 Å². The summed E-state index contributed by atoms with van der Waals surface area (Å²) in [5.41, 5.74) is 0.703. The normalized spacial score (nSPS) is 12.2. The lowest BCUT2D eigenvalue weighted by Crippen LogP contribution is -2.11. The molecular formula is C49H31F6N9. The second-order valence-electron chi connectivity index (χ2n) is 15.5. The molecule has 0 aliphatic rings. The molecule has 0 saturated heterocycles. The molecule has 0 saturated carbocycles. The van der Waals surface area contributed by atoms with Crippen molar-refractivity contribution in [3.05, 3.63) is 155 Å². The summed E-state index contributed by atoms with van der Waals surface area (Å²) in [4.78, 5) is 26.8. The van der Waals surface area contributed by atoms with Gasteiger partial charge in [0.05, 0.1) is 50.1 Å². The number of rotatable bonds is 5. The first-order valence-electron chi connectivity index (χ1n) is 19.9. The largest absolute Gasteiger partial charge is 0.416 e. The number of para-hydroxylation sites is 2. The Balaban J connectivity index is 1.35. The molecule has 0 aliphatic carbocycles. The van der Waals surface area contributed by atoms with Gasteiger partial charge in [-0.3, -0.25) is 0 Å². The van der Waals surface area contributed by atoms with E-state index in [2.05, 4.69) is 36.0 Å². The Morgan fingerprint density at radius 2 is 0.859 bits per heavy atom. The van der Waals surface area contributed by atoms with Gasteiger partial charge in [-0.2, -0.15) is 31.6 Å². The van der Waals surface area contributed by atoms with Crippen molar-refractivity contribution in [2.45, 2.75) is 40.0 Å². The van der Waals surface area contributed by atoms with Crippen molar-refractivity contribution in [1.82, 2.24) is 39.0 Å². The smallest absolute Gasteiger partial charge is 0.309 e. The van der Waals surface area contributed by atoms with Gasteiger partial charge in [-0.1, -0.05) is 60.7 Å². The van der Waals surface area contributed by atoms with Gasteiger partial charge in [-0.25, -0.2) is 29.9 Å². The number of aromatic nitrogens is 8.